The molecule has 4 nitrogen and oxygen atoms in total. The predicted octanol–water partition coefficient (Wildman–Crippen LogP) is 3.73. The van der Waals surface area contributed by atoms with Crippen molar-refractivity contribution in [2.45, 2.75) is 5.16 Å². The third kappa shape index (κ3) is 2.40. The van der Waals surface area contributed by atoms with Crippen molar-refractivity contribution in [3.8, 4) is 11.6 Å². The van der Waals surface area contributed by atoms with Crippen molar-refractivity contribution < 1.29 is 4.74 Å². The van der Waals surface area contributed by atoms with Gasteiger partial charge in [0.2, 0.25) is 5.88 Å². The number of hydrogen-bond donors (Lipinski definition) is 1. The van der Waals surface area contributed by atoms with Gasteiger partial charge in [0.15, 0.2) is 5.16 Å². The molecular formula is C15H13N3OS. The van der Waals surface area contributed by atoms with Crippen LogP contribution in [0.4, 0.5) is 5.69 Å². The first-order valence-corrected chi connectivity index (χ1v) is 7.32. The normalized spacial score (nSPS) is 10.7. The van der Waals surface area contributed by atoms with E-state index in [0.29, 0.717) is 11.0 Å². The quantitative estimate of drug-likeness (QED) is 0.451. The Bertz CT molecular complexity index is 761. The van der Waals surface area contributed by atoms with E-state index in [0.717, 1.165) is 22.2 Å². The smallest absolute Gasteiger partial charge is 0.223 e. The van der Waals surface area contributed by atoms with Gasteiger partial charge in [0.1, 0.15) is 5.75 Å². The summed E-state index contributed by atoms with van der Waals surface area (Å²) in [6.07, 6.45) is 3.62. The van der Waals surface area contributed by atoms with Crippen molar-refractivity contribution in [3.63, 3.8) is 0 Å². The summed E-state index contributed by atoms with van der Waals surface area (Å²) in [6.45, 7) is 0. The van der Waals surface area contributed by atoms with Gasteiger partial charge in [0, 0.05) is 28.7 Å². The molecule has 0 bridgehead atoms. The zero-order valence-electron chi connectivity index (χ0n) is 10.9. The second-order valence-electron chi connectivity index (χ2n) is 4.18. The number of nitrogens with two attached hydrogens (primary N) is 1. The van der Waals surface area contributed by atoms with Gasteiger partial charge in [-0.2, -0.15) is 4.98 Å². The molecule has 0 aliphatic carbocycles. The van der Waals surface area contributed by atoms with E-state index in [1.165, 1.54) is 11.8 Å². The first-order chi connectivity index (χ1) is 9.78. The maximum absolute atomic E-state index is 5.98. The highest BCUT2D eigenvalue weighted by molar-refractivity contribution is 7.98. The first-order valence-electron chi connectivity index (χ1n) is 6.10. The number of hydrogen-bond acceptors (Lipinski definition) is 5. The van der Waals surface area contributed by atoms with Crippen LogP contribution in [-0.2, 0) is 0 Å². The summed E-state index contributed by atoms with van der Waals surface area (Å²) in [5.41, 5.74) is 6.72. The van der Waals surface area contributed by atoms with Gasteiger partial charge < -0.3 is 10.5 Å². The second kappa shape index (κ2) is 5.38. The number of benzene rings is 2. The topological polar surface area (TPSA) is 61.0 Å². The summed E-state index contributed by atoms with van der Waals surface area (Å²) >= 11 is 1.48. The standard InChI is InChI=1S/C15H13N3OS/c1-20-15-17-9-8-14(18-15)19-13-7-3-4-10-11(13)5-2-6-12(10)16/h2-9H,16H2,1H3. The Kier molecular flexibility index (Phi) is 3.43. The average molecular weight is 283 g/mol. The molecule has 0 atom stereocenters. The van der Waals surface area contributed by atoms with Crippen LogP contribution in [0, 0.1) is 0 Å². The van der Waals surface area contributed by atoms with Crippen molar-refractivity contribution in [2.24, 2.45) is 0 Å². The molecule has 3 rings (SSSR count). The van der Waals surface area contributed by atoms with Gasteiger partial charge in [-0.25, -0.2) is 4.98 Å². The van der Waals surface area contributed by atoms with Crippen LogP contribution in [0.5, 0.6) is 11.6 Å². The van der Waals surface area contributed by atoms with Crippen molar-refractivity contribution in [3.05, 3.63) is 48.7 Å². The van der Waals surface area contributed by atoms with Gasteiger partial charge in [0.05, 0.1) is 0 Å². The molecule has 0 saturated carbocycles. The number of nitrogen functional groups attached to an aromatic ring is 1. The van der Waals surface area contributed by atoms with Gasteiger partial charge in [-0.15, -0.1) is 0 Å². The second-order valence-corrected chi connectivity index (χ2v) is 4.96. The highest BCUT2D eigenvalue weighted by atomic mass is 32.2. The fraction of sp³-hybridized carbons (Fsp3) is 0.0667. The fourth-order valence-corrected chi connectivity index (χ4v) is 2.34. The molecule has 2 aromatic carbocycles. The molecule has 0 radical (unpaired) electrons. The van der Waals surface area contributed by atoms with E-state index < -0.39 is 0 Å². The summed E-state index contributed by atoms with van der Waals surface area (Å²) in [4.78, 5) is 8.44. The minimum absolute atomic E-state index is 0.527. The summed E-state index contributed by atoms with van der Waals surface area (Å²) in [5.74, 6) is 1.26. The molecule has 3 aromatic rings. The van der Waals surface area contributed by atoms with E-state index in [1.54, 1.807) is 12.3 Å². The van der Waals surface area contributed by atoms with Crippen LogP contribution in [0.15, 0.2) is 53.8 Å². The molecular weight excluding hydrogens is 270 g/mol. The van der Waals surface area contributed by atoms with Gasteiger partial charge in [-0.3, -0.25) is 0 Å². The highest BCUT2D eigenvalue weighted by Gasteiger charge is 2.06. The molecule has 0 spiro atoms. The first kappa shape index (κ1) is 12.7. The van der Waals surface area contributed by atoms with Gasteiger partial charge in [-0.1, -0.05) is 36.0 Å². The third-order valence-corrected chi connectivity index (χ3v) is 3.48. The molecule has 20 heavy (non-hydrogen) atoms. The van der Waals surface area contributed by atoms with Crippen LogP contribution >= 0.6 is 11.8 Å². The van der Waals surface area contributed by atoms with Gasteiger partial charge >= 0.3 is 0 Å². The zero-order valence-corrected chi connectivity index (χ0v) is 11.7. The van der Waals surface area contributed by atoms with Crippen molar-refractivity contribution in [2.75, 3.05) is 12.0 Å². The van der Waals surface area contributed by atoms with Crippen LogP contribution in [0.1, 0.15) is 0 Å². The molecule has 0 fully saturated rings. The lowest BCUT2D eigenvalue weighted by Gasteiger charge is -2.09. The lowest BCUT2D eigenvalue weighted by molar-refractivity contribution is 0.460. The zero-order chi connectivity index (χ0) is 13.9. The average Bonchev–Trinajstić information content (AvgIpc) is 2.49. The Labute approximate surface area is 121 Å². The highest BCUT2D eigenvalue weighted by Crippen LogP contribution is 2.31. The largest absolute Gasteiger partial charge is 0.438 e. The summed E-state index contributed by atoms with van der Waals surface area (Å²) in [6, 6.07) is 13.3. The summed E-state index contributed by atoms with van der Waals surface area (Å²) in [7, 11) is 0. The molecule has 1 aromatic heterocycles. The Morgan fingerprint density at radius 1 is 1.05 bits per heavy atom. The maximum atomic E-state index is 5.98. The lowest BCUT2D eigenvalue weighted by Crippen LogP contribution is -1.93. The summed E-state index contributed by atoms with van der Waals surface area (Å²) in [5, 5.41) is 2.63. The Hall–Kier alpha value is -2.27. The fourth-order valence-electron chi connectivity index (χ4n) is 1.99. The number of nitrogens with zero attached hydrogens (tertiary/aromatic N) is 2. The molecule has 2 N–H and O–H groups in total. The van der Waals surface area contributed by atoms with E-state index in [1.807, 2.05) is 42.7 Å². The van der Waals surface area contributed by atoms with Crippen molar-refractivity contribution in [1.29, 1.82) is 0 Å². The number of ether oxygens (including phenoxy) is 1. The number of rotatable bonds is 3. The van der Waals surface area contributed by atoms with E-state index in [2.05, 4.69) is 9.97 Å². The molecule has 0 saturated heterocycles. The molecule has 0 aliphatic rings. The maximum Gasteiger partial charge on any atom is 0.223 e. The SMILES string of the molecule is CSc1nccc(Oc2cccc3c(N)cccc23)n1. The Morgan fingerprint density at radius 3 is 2.70 bits per heavy atom. The predicted molar refractivity (Wildman–Crippen MR) is 82.2 cm³/mol. The molecule has 0 amide bonds. The van der Waals surface area contributed by atoms with E-state index in [9.17, 15) is 0 Å². The minimum atomic E-state index is 0.527. The van der Waals surface area contributed by atoms with Crippen LogP contribution in [-0.4, -0.2) is 16.2 Å². The monoisotopic (exact) mass is 283 g/mol. The van der Waals surface area contributed by atoms with Gasteiger partial charge in [-0.05, 0) is 18.4 Å². The van der Waals surface area contributed by atoms with Crippen LogP contribution < -0.4 is 10.5 Å². The van der Waals surface area contributed by atoms with Crippen molar-refractivity contribution in [1.82, 2.24) is 9.97 Å². The minimum Gasteiger partial charge on any atom is -0.438 e. The molecule has 0 unspecified atom stereocenters. The molecule has 100 valence electrons. The van der Waals surface area contributed by atoms with Crippen LogP contribution in [0.3, 0.4) is 0 Å². The van der Waals surface area contributed by atoms with E-state index >= 15 is 0 Å². The molecule has 5 heteroatoms. The van der Waals surface area contributed by atoms with Crippen molar-refractivity contribution >= 4 is 28.2 Å². The third-order valence-electron chi connectivity index (χ3n) is 2.92. The van der Waals surface area contributed by atoms with Crippen LogP contribution in [0.25, 0.3) is 10.8 Å². The molecule has 0 aliphatic heterocycles. The number of aromatic nitrogens is 2. The Morgan fingerprint density at radius 2 is 1.85 bits per heavy atom. The van der Waals surface area contributed by atoms with E-state index in [4.69, 9.17) is 10.5 Å². The molecule has 1 heterocycles. The number of anilines is 1. The summed E-state index contributed by atoms with van der Waals surface area (Å²) < 4.78 is 5.87. The number of thioether (sulfide) groups is 1. The van der Waals surface area contributed by atoms with E-state index in [-0.39, 0.29) is 0 Å². The number of fused-ring (bicyclic) bond motifs is 1. The van der Waals surface area contributed by atoms with Crippen LogP contribution in [0.2, 0.25) is 0 Å². The van der Waals surface area contributed by atoms with Gasteiger partial charge in [0.25, 0.3) is 0 Å². The lowest BCUT2D eigenvalue weighted by atomic mass is 10.1. The Balaban J connectivity index is 2.04.